The molecular formula is C16H16N4O. The van der Waals surface area contributed by atoms with E-state index >= 15 is 0 Å². The second kappa shape index (κ2) is 5.97. The Morgan fingerprint density at radius 1 is 1.10 bits per heavy atom. The number of hydrogen-bond donors (Lipinski definition) is 3. The standard InChI is InChI=1S/C16H16N4O/c1-10-8-15(11(2)7-14(10)18)20-16(21)19-13-5-3-12(9-17)4-6-13/h3-8H,18H2,1-2H3,(H2,19,20,21). The van der Waals surface area contributed by atoms with E-state index in [9.17, 15) is 4.79 Å². The van der Waals surface area contributed by atoms with Gasteiger partial charge < -0.3 is 16.4 Å². The zero-order valence-electron chi connectivity index (χ0n) is 11.9. The van der Waals surface area contributed by atoms with Crippen LogP contribution in [0.1, 0.15) is 16.7 Å². The van der Waals surface area contributed by atoms with E-state index in [0.717, 1.165) is 11.1 Å². The summed E-state index contributed by atoms with van der Waals surface area (Å²) in [5.41, 5.74) is 10.2. The third-order valence-electron chi connectivity index (χ3n) is 3.13. The van der Waals surface area contributed by atoms with Gasteiger partial charge in [-0.1, -0.05) is 0 Å². The lowest BCUT2D eigenvalue weighted by Crippen LogP contribution is -2.20. The first kappa shape index (κ1) is 14.4. The van der Waals surface area contributed by atoms with Crippen molar-refractivity contribution in [3.63, 3.8) is 0 Å². The van der Waals surface area contributed by atoms with Gasteiger partial charge in [0.05, 0.1) is 11.6 Å². The average Bonchev–Trinajstić information content (AvgIpc) is 2.45. The van der Waals surface area contributed by atoms with Crippen molar-refractivity contribution in [2.75, 3.05) is 16.4 Å². The van der Waals surface area contributed by atoms with E-state index in [4.69, 9.17) is 11.0 Å². The summed E-state index contributed by atoms with van der Waals surface area (Å²) in [6, 6.07) is 12.0. The number of nitrogens with one attached hydrogen (secondary N) is 2. The van der Waals surface area contributed by atoms with Gasteiger partial charge in [0.2, 0.25) is 0 Å². The second-order valence-corrected chi connectivity index (χ2v) is 4.79. The maximum absolute atomic E-state index is 12.0. The van der Waals surface area contributed by atoms with E-state index in [-0.39, 0.29) is 6.03 Å². The molecule has 0 saturated carbocycles. The molecule has 2 amide bonds. The van der Waals surface area contributed by atoms with Crippen molar-refractivity contribution in [1.29, 1.82) is 5.26 Å². The fraction of sp³-hybridized carbons (Fsp3) is 0.125. The number of nitrogens with zero attached hydrogens (tertiary/aromatic N) is 1. The first-order chi connectivity index (χ1) is 9.99. The van der Waals surface area contributed by atoms with E-state index in [1.807, 2.05) is 32.0 Å². The number of aryl methyl sites for hydroxylation is 2. The van der Waals surface area contributed by atoms with Crippen molar-refractivity contribution < 1.29 is 4.79 Å². The molecule has 2 rings (SSSR count). The Kier molecular flexibility index (Phi) is 4.10. The average molecular weight is 280 g/mol. The van der Waals surface area contributed by atoms with Crippen molar-refractivity contribution in [3.05, 3.63) is 53.1 Å². The summed E-state index contributed by atoms with van der Waals surface area (Å²) >= 11 is 0. The smallest absolute Gasteiger partial charge is 0.323 e. The molecule has 2 aromatic carbocycles. The number of amides is 2. The van der Waals surface area contributed by atoms with Gasteiger partial charge in [0, 0.05) is 17.1 Å². The van der Waals surface area contributed by atoms with Gasteiger partial charge in [0.1, 0.15) is 0 Å². The first-order valence-corrected chi connectivity index (χ1v) is 6.44. The Morgan fingerprint density at radius 3 is 2.38 bits per heavy atom. The Bertz CT molecular complexity index is 714. The molecule has 0 bridgehead atoms. The normalized spacial score (nSPS) is 9.76. The number of nitriles is 1. The molecule has 0 heterocycles. The molecule has 0 radical (unpaired) electrons. The molecule has 0 saturated heterocycles. The topological polar surface area (TPSA) is 90.9 Å². The molecule has 0 aliphatic carbocycles. The highest BCUT2D eigenvalue weighted by Crippen LogP contribution is 2.22. The Hall–Kier alpha value is -3.00. The molecule has 4 N–H and O–H groups in total. The molecule has 0 aliphatic heterocycles. The molecule has 0 unspecified atom stereocenters. The van der Waals surface area contributed by atoms with Crippen LogP contribution in [-0.2, 0) is 0 Å². The van der Waals surface area contributed by atoms with Crippen molar-refractivity contribution in [2.45, 2.75) is 13.8 Å². The van der Waals surface area contributed by atoms with E-state index in [2.05, 4.69) is 10.6 Å². The fourth-order valence-corrected chi connectivity index (χ4v) is 1.89. The van der Waals surface area contributed by atoms with Gasteiger partial charge >= 0.3 is 6.03 Å². The number of carbonyl (C=O) groups excluding carboxylic acids is 1. The number of urea groups is 1. The third kappa shape index (κ3) is 3.51. The predicted octanol–water partition coefficient (Wildman–Crippen LogP) is 3.40. The summed E-state index contributed by atoms with van der Waals surface area (Å²) < 4.78 is 0. The van der Waals surface area contributed by atoms with Crippen LogP contribution in [0.15, 0.2) is 36.4 Å². The monoisotopic (exact) mass is 280 g/mol. The van der Waals surface area contributed by atoms with E-state index in [1.165, 1.54) is 0 Å². The molecule has 0 fully saturated rings. The number of benzene rings is 2. The lowest BCUT2D eigenvalue weighted by Gasteiger charge is -2.12. The van der Waals surface area contributed by atoms with Gasteiger partial charge in [-0.15, -0.1) is 0 Å². The quantitative estimate of drug-likeness (QED) is 0.736. The highest BCUT2D eigenvalue weighted by Gasteiger charge is 2.07. The molecule has 2 aromatic rings. The number of anilines is 3. The summed E-state index contributed by atoms with van der Waals surface area (Å²) in [6.45, 7) is 3.77. The number of carbonyl (C=O) groups is 1. The van der Waals surface area contributed by atoms with Crippen LogP contribution in [0.2, 0.25) is 0 Å². The zero-order valence-corrected chi connectivity index (χ0v) is 11.9. The minimum Gasteiger partial charge on any atom is -0.399 e. The zero-order chi connectivity index (χ0) is 15.4. The van der Waals surface area contributed by atoms with Crippen LogP contribution in [0.25, 0.3) is 0 Å². The molecule has 5 heteroatoms. The summed E-state index contributed by atoms with van der Waals surface area (Å²) in [7, 11) is 0. The molecular weight excluding hydrogens is 264 g/mol. The number of rotatable bonds is 2. The van der Waals surface area contributed by atoms with Gasteiger partial charge in [-0.2, -0.15) is 5.26 Å². The maximum Gasteiger partial charge on any atom is 0.323 e. The largest absolute Gasteiger partial charge is 0.399 e. The minimum atomic E-state index is -0.341. The predicted molar refractivity (Wildman–Crippen MR) is 84.1 cm³/mol. The number of hydrogen-bond acceptors (Lipinski definition) is 3. The van der Waals surface area contributed by atoms with Crippen LogP contribution in [0.4, 0.5) is 21.9 Å². The fourth-order valence-electron chi connectivity index (χ4n) is 1.89. The van der Waals surface area contributed by atoms with Gasteiger partial charge in [0.25, 0.3) is 0 Å². The van der Waals surface area contributed by atoms with Crippen molar-refractivity contribution in [1.82, 2.24) is 0 Å². The Balaban J connectivity index is 2.08. The van der Waals surface area contributed by atoms with Gasteiger partial charge in [-0.05, 0) is 61.4 Å². The van der Waals surface area contributed by atoms with Crippen LogP contribution in [0, 0.1) is 25.2 Å². The molecule has 0 atom stereocenters. The van der Waals surface area contributed by atoms with E-state index in [1.54, 1.807) is 24.3 Å². The number of nitrogen functional groups attached to an aromatic ring is 1. The summed E-state index contributed by atoms with van der Waals surface area (Å²) in [6.07, 6.45) is 0. The van der Waals surface area contributed by atoms with Crippen LogP contribution in [0.5, 0.6) is 0 Å². The van der Waals surface area contributed by atoms with Crippen LogP contribution < -0.4 is 16.4 Å². The van der Waals surface area contributed by atoms with Crippen LogP contribution in [0.3, 0.4) is 0 Å². The van der Waals surface area contributed by atoms with Gasteiger partial charge in [0.15, 0.2) is 0 Å². The molecule has 106 valence electrons. The van der Waals surface area contributed by atoms with E-state index < -0.39 is 0 Å². The third-order valence-corrected chi connectivity index (χ3v) is 3.13. The molecule has 0 aromatic heterocycles. The Morgan fingerprint density at radius 2 is 1.76 bits per heavy atom. The lowest BCUT2D eigenvalue weighted by molar-refractivity contribution is 0.262. The second-order valence-electron chi connectivity index (χ2n) is 4.79. The lowest BCUT2D eigenvalue weighted by atomic mass is 10.1. The summed E-state index contributed by atoms with van der Waals surface area (Å²) in [5, 5.41) is 14.2. The van der Waals surface area contributed by atoms with Crippen molar-refractivity contribution in [3.8, 4) is 6.07 Å². The molecule has 5 nitrogen and oxygen atoms in total. The molecule has 0 spiro atoms. The van der Waals surface area contributed by atoms with Crippen molar-refractivity contribution in [2.24, 2.45) is 0 Å². The summed E-state index contributed by atoms with van der Waals surface area (Å²) in [5.74, 6) is 0. The van der Waals surface area contributed by atoms with Crippen molar-refractivity contribution >= 4 is 23.1 Å². The van der Waals surface area contributed by atoms with E-state index in [0.29, 0.717) is 22.6 Å². The molecule has 0 aliphatic rings. The number of nitrogens with two attached hydrogens (primary N) is 1. The highest BCUT2D eigenvalue weighted by atomic mass is 16.2. The minimum absolute atomic E-state index is 0.341. The molecule has 21 heavy (non-hydrogen) atoms. The highest BCUT2D eigenvalue weighted by molar-refractivity contribution is 6.00. The van der Waals surface area contributed by atoms with Crippen LogP contribution in [-0.4, -0.2) is 6.03 Å². The Labute approximate surface area is 123 Å². The first-order valence-electron chi connectivity index (χ1n) is 6.44. The van der Waals surface area contributed by atoms with Gasteiger partial charge in [-0.25, -0.2) is 4.79 Å². The van der Waals surface area contributed by atoms with Crippen LogP contribution >= 0.6 is 0 Å². The summed E-state index contributed by atoms with van der Waals surface area (Å²) in [4.78, 5) is 12.0. The van der Waals surface area contributed by atoms with Gasteiger partial charge in [-0.3, -0.25) is 0 Å². The maximum atomic E-state index is 12.0. The SMILES string of the molecule is Cc1cc(NC(=O)Nc2ccc(C#N)cc2)c(C)cc1N.